The van der Waals surface area contributed by atoms with E-state index in [0.717, 1.165) is 28.5 Å². The molecule has 2 nitrogen and oxygen atoms in total. The van der Waals surface area contributed by atoms with Crippen molar-refractivity contribution in [3.05, 3.63) is 34.3 Å². The quantitative estimate of drug-likeness (QED) is 0.393. The molecule has 0 radical (unpaired) electrons. The zero-order chi connectivity index (χ0) is 11.8. The van der Waals surface area contributed by atoms with Crippen LogP contribution in [0.2, 0.25) is 0 Å². The first-order valence-corrected chi connectivity index (χ1v) is 7.52. The second-order valence-corrected chi connectivity index (χ2v) is 5.12. The second-order valence-electron chi connectivity index (χ2n) is 3.38. The molecular weight excluding hydrogens is 383 g/mol. The maximum Gasteiger partial charge on any atom is 0.0925 e. The van der Waals surface area contributed by atoms with Crippen molar-refractivity contribution < 1.29 is 9.47 Å². The van der Waals surface area contributed by atoms with Crippen LogP contribution in [0.15, 0.2) is 28.7 Å². The van der Waals surface area contributed by atoms with Crippen molar-refractivity contribution in [1.29, 1.82) is 0 Å². The number of benzene rings is 1. The van der Waals surface area contributed by atoms with Gasteiger partial charge in [0.05, 0.1) is 6.10 Å². The van der Waals surface area contributed by atoms with Crippen LogP contribution in [0.5, 0.6) is 0 Å². The van der Waals surface area contributed by atoms with Crippen molar-refractivity contribution >= 4 is 38.5 Å². The molecule has 0 amide bonds. The van der Waals surface area contributed by atoms with Crippen molar-refractivity contribution in [2.24, 2.45) is 0 Å². The van der Waals surface area contributed by atoms with Crippen LogP contribution in [0.1, 0.15) is 18.1 Å². The van der Waals surface area contributed by atoms with Crippen LogP contribution in [0.3, 0.4) is 0 Å². The molecule has 1 rings (SSSR count). The van der Waals surface area contributed by atoms with Crippen LogP contribution in [0.4, 0.5) is 0 Å². The molecule has 0 spiro atoms. The van der Waals surface area contributed by atoms with Gasteiger partial charge in [0.2, 0.25) is 0 Å². The summed E-state index contributed by atoms with van der Waals surface area (Å²) in [5.41, 5.74) is 1.22. The van der Waals surface area contributed by atoms with Crippen LogP contribution in [-0.4, -0.2) is 24.8 Å². The lowest BCUT2D eigenvalue weighted by Crippen LogP contribution is -2.09. The van der Waals surface area contributed by atoms with Crippen LogP contribution in [0.25, 0.3) is 0 Å². The first kappa shape index (κ1) is 14.4. The fraction of sp³-hybridized carbons (Fsp3) is 0.500. The number of halogens is 2. The molecule has 0 bridgehead atoms. The highest BCUT2D eigenvalue weighted by Crippen LogP contribution is 2.27. The van der Waals surface area contributed by atoms with Crippen LogP contribution >= 0.6 is 38.5 Å². The van der Waals surface area contributed by atoms with Crippen LogP contribution in [-0.2, 0) is 9.47 Å². The molecular formula is C12H16BrIO2. The molecule has 0 saturated heterocycles. The average molecular weight is 399 g/mol. The summed E-state index contributed by atoms with van der Waals surface area (Å²) >= 11 is 5.91. The lowest BCUT2D eigenvalue weighted by molar-refractivity contribution is 0.0538. The van der Waals surface area contributed by atoms with Crippen molar-refractivity contribution in [2.75, 3.05) is 24.8 Å². The Morgan fingerprint density at radius 1 is 1.31 bits per heavy atom. The summed E-state index contributed by atoms with van der Waals surface area (Å²) < 4.78 is 12.9. The van der Waals surface area contributed by atoms with Crippen LogP contribution in [0, 0.1) is 0 Å². The Hall–Kier alpha value is 0.350. The van der Waals surface area contributed by atoms with E-state index < -0.39 is 0 Å². The number of alkyl halides is 1. The Morgan fingerprint density at radius 2 is 2.06 bits per heavy atom. The van der Waals surface area contributed by atoms with Crippen LogP contribution < -0.4 is 0 Å². The third-order valence-electron chi connectivity index (χ3n) is 2.20. The molecule has 0 saturated carbocycles. The smallest absolute Gasteiger partial charge is 0.0925 e. The third kappa shape index (κ3) is 4.69. The van der Waals surface area contributed by atoms with E-state index in [9.17, 15) is 0 Å². The molecule has 1 atom stereocenters. The van der Waals surface area contributed by atoms with Gasteiger partial charge in [0.15, 0.2) is 0 Å². The predicted molar refractivity (Wildman–Crippen MR) is 78.2 cm³/mol. The fourth-order valence-corrected chi connectivity index (χ4v) is 2.65. The highest BCUT2D eigenvalue weighted by Gasteiger charge is 2.12. The van der Waals surface area contributed by atoms with Gasteiger partial charge in [-0.3, -0.25) is 0 Å². The largest absolute Gasteiger partial charge is 0.385 e. The summed E-state index contributed by atoms with van der Waals surface area (Å²) in [5.74, 6) is 0. The van der Waals surface area contributed by atoms with Gasteiger partial charge in [-0.15, -0.1) is 0 Å². The minimum absolute atomic E-state index is 0.160. The molecule has 1 aromatic carbocycles. The topological polar surface area (TPSA) is 18.5 Å². The summed E-state index contributed by atoms with van der Waals surface area (Å²) in [4.78, 5) is 0. The molecule has 90 valence electrons. The Labute approximate surface area is 119 Å². The highest BCUT2D eigenvalue weighted by molar-refractivity contribution is 14.1. The Kier molecular flexibility index (Phi) is 7.60. The normalized spacial score (nSPS) is 12.7. The first-order valence-electron chi connectivity index (χ1n) is 5.20. The lowest BCUT2D eigenvalue weighted by atomic mass is 10.1. The Morgan fingerprint density at radius 3 is 2.69 bits per heavy atom. The van der Waals surface area contributed by atoms with E-state index in [-0.39, 0.29) is 6.10 Å². The van der Waals surface area contributed by atoms with Crippen molar-refractivity contribution in [2.45, 2.75) is 12.5 Å². The zero-order valence-electron chi connectivity index (χ0n) is 9.29. The first-order chi connectivity index (χ1) is 7.79. The molecule has 0 aromatic heterocycles. The number of rotatable bonds is 7. The summed E-state index contributed by atoms with van der Waals surface area (Å²) in [6.45, 7) is 1.49. The molecule has 0 heterocycles. The van der Waals surface area contributed by atoms with E-state index in [1.165, 1.54) is 5.56 Å². The molecule has 1 aromatic rings. The SMILES string of the molecule is COCCCOC(CI)c1ccccc1Br. The predicted octanol–water partition coefficient (Wildman–Crippen LogP) is 3.98. The van der Waals surface area contributed by atoms with Gasteiger partial charge in [-0.2, -0.15) is 0 Å². The van der Waals surface area contributed by atoms with E-state index in [4.69, 9.17) is 9.47 Å². The van der Waals surface area contributed by atoms with E-state index in [0.29, 0.717) is 0 Å². The fourth-order valence-electron chi connectivity index (χ4n) is 1.38. The number of ether oxygens (including phenoxy) is 2. The maximum absolute atomic E-state index is 5.84. The third-order valence-corrected chi connectivity index (χ3v) is 3.73. The van der Waals surface area contributed by atoms with Crippen molar-refractivity contribution in [1.82, 2.24) is 0 Å². The zero-order valence-corrected chi connectivity index (χ0v) is 13.0. The molecule has 0 fully saturated rings. The van der Waals surface area contributed by atoms with Gasteiger partial charge in [0, 0.05) is 29.2 Å². The van der Waals surface area contributed by atoms with Gasteiger partial charge in [0.1, 0.15) is 0 Å². The van der Waals surface area contributed by atoms with Gasteiger partial charge < -0.3 is 9.47 Å². The molecule has 4 heteroatoms. The van der Waals surface area contributed by atoms with E-state index in [2.05, 4.69) is 44.6 Å². The average Bonchev–Trinajstić information content (AvgIpc) is 2.31. The van der Waals surface area contributed by atoms with E-state index in [1.54, 1.807) is 7.11 Å². The summed E-state index contributed by atoms with van der Waals surface area (Å²) in [6.07, 6.45) is 1.10. The molecule has 0 N–H and O–H groups in total. The van der Waals surface area contributed by atoms with Gasteiger partial charge in [-0.05, 0) is 18.1 Å². The molecule has 0 aliphatic carbocycles. The van der Waals surface area contributed by atoms with Gasteiger partial charge in [0.25, 0.3) is 0 Å². The minimum Gasteiger partial charge on any atom is -0.385 e. The van der Waals surface area contributed by atoms with E-state index in [1.807, 2.05) is 18.2 Å². The summed E-state index contributed by atoms with van der Waals surface area (Å²) in [7, 11) is 1.71. The van der Waals surface area contributed by atoms with Gasteiger partial charge in [-0.1, -0.05) is 56.7 Å². The Bertz CT molecular complexity index is 307. The maximum atomic E-state index is 5.84. The second kappa shape index (κ2) is 8.44. The lowest BCUT2D eigenvalue weighted by Gasteiger charge is -2.17. The number of methoxy groups -OCH3 is 1. The summed E-state index contributed by atoms with van der Waals surface area (Å²) in [5, 5.41) is 0. The molecule has 1 unspecified atom stereocenters. The van der Waals surface area contributed by atoms with Gasteiger partial charge in [-0.25, -0.2) is 0 Å². The van der Waals surface area contributed by atoms with E-state index >= 15 is 0 Å². The van der Waals surface area contributed by atoms with Crippen molar-refractivity contribution in [3.63, 3.8) is 0 Å². The molecule has 0 aliphatic rings. The number of hydrogen-bond acceptors (Lipinski definition) is 2. The number of hydrogen-bond donors (Lipinski definition) is 0. The molecule has 16 heavy (non-hydrogen) atoms. The van der Waals surface area contributed by atoms with Crippen molar-refractivity contribution in [3.8, 4) is 0 Å². The standard InChI is InChI=1S/C12H16BrIO2/c1-15-7-4-8-16-12(9-14)10-5-2-3-6-11(10)13/h2-3,5-6,12H,4,7-9H2,1H3. The minimum atomic E-state index is 0.160. The monoisotopic (exact) mass is 398 g/mol. The van der Waals surface area contributed by atoms with Gasteiger partial charge >= 0.3 is 0 Å². The highest BCUT2D eigenvalue weighted by atomic mass is 127. The molecule has 0 aliphatic heterocycles. The Balaban J connectivity index is 2.51. The summed E-state index contributed by atoms with van der Waals surface area (Å²) in [6, 6.07) is 8.21.